The predicted octanol–water partition coefficient (Wildman–Crippen LogP) is 4.77. The van der Waals surface area contributed by atoms with Gasteiger partial charge in [0.15, 0.2) is 6.61 Å². The highest BCUT2D eigenvalue weighted by molar-refractivity contribution is 6.42. The minimum absolute atomic E-state index is 0.0202. The summed E-state index contributed by atoms with van der Waals surface area (Å²) in [7, 11) is 0. The smallest absolute Gasteiger partial charge is 0.261 e. The predicted molar refractivity (Wildman–Crippen MR) is 107 cm³/mol. The summed E-state index contributed by atoms with van der Waals surface area (Å²) in [4.78, 5) is 26.6. The van der Waals surface area contributed by atoms with Gasteiger partial charge in [-0.2, -0.15) is 0 Å². The average Bonchev–Trinajstić information content (AvgIpc) is 2.82. The molecule has 3 rings (SSSR count). The van der Waals surface area contributed by atoms with Gasteiger partial charge in [-0.05, 0) is 49.7 Å². The van der Waals surface area contributed by atoms with Crippen LogP contribution in [0.4, 0.5) is 5.69 Å². The topological polar surface area (TPSA) is 58.6 Å². The van der Waals surface area contributed by atoms with Gasteiger partial charge in [-0.25, -0.2) is 0 Å². The molecular formula is C20H20Cl2N2O3. The molecule has 142 valence electrons. The molecule has 1 aliphatic heterocycles. The summed E-state index contributed by atoms with van der Waals surface area (Å²) < 4.78 is 5.62. The van der Waals surface area contributed by atoms with Crippen LogP contribution in [0, 0.1) is 0 Å². The van der Waals surface area contributed by atoms with Gasteiger partial charge in [-0.3, -0.25) is 9.59 Å². The lowest BCUT2D eigenvalue weighted by Crippen LogP contribution is -2.39. The molecule has 0 radical (unpaired) electrons. The largest absolute Gasteiger partial charge is 0.483 e. The maximum atomic E-state index is 12.5. The van der Waals surface area contributed by atoms with Crippen molar-refractivity contribution in [3.8, 4) is 5.75 Å². The van der Waals surface area contributed by atoms with Crippen molar-refractivity contribution in [2.24, 2.45) is 0 Å². The Morgan fingerprint density at radius 2 is 2.00 bits per heavy atom. The molecule has 0 bridgehead atoms. The Balaban J connectivity index is 1.82. The molecule has 0 aliphatic carbocycles. The van der Waals surface area contributed by atoms with Crippen LogP contribution in [0.1, 0.15) is 36.2 Å². The van der Waals surface area contributed by atoms with E-state index in [0.29, 0.717) is 33.6 Å². The molecule has 27 heavy (non-hydrogen) atoms. The van der Waals surface area contributed by atoms with Gasteiger partial charge in [0.05, 0.1) is 10.0 Å². The molecule has 0 saturated heterocycles. The van der Waals surface area contributed by atoms with E-state index in [1.54, 1.807) is 29.2 Å². The lowest BCUT2D eigenvalue weighted by atomic mass is 10.1. The number of carbonyl (C=O) groups is 2. The zero-order valence-corrected chi connectivity index (χ0v) is 16.6. The summed E-state index contributed by atoms with van der Waals surface area (Å²) in [6, 6.07) is 10.2. The minimum Gasteiger partial charge on any atom is -0.483 e. The van der Waals surface area contributed by atoms with Crippen molar-refractivity contribution in [3.05, 3.63) is 57.6 Å². The summed E-state index contributed by atoms with van der Waals surface area (Å²) in [6.45, 7) is 4.52. The van der Waals surface area contributed by atoms with Crippen LogP contribution in [-0.2, 0) is 11.3 Å². The number of carbonyl (C=O) groups excluding carboxylic acids is 2. The first-order valence-corrected chi connectivity index (χ1v) is 9.46. The van der Waals surface area contributed by atoms with Crippen LogP contribution >= 0.6 is 23.2 Å². The standard InChI is InChI=1S/C20H20Cl2N2O3/c1-3-12(2)24-10-14-8-15(5-7-18(14)27-11-19(24)25)23-20(26)13-4-6-16(21)17(22)9-13/h4-9,12H,3,10-11H2,1-2H3,(H,23,26). The fourth-order valence-electron chi connectivity index (χ4n) is 2.88. The zero-order chi connectivity index (χ0) is 19.6. The third-order valence-corrected chi connectivity index (χ3v) is 5.37. The molecule has 7 heteroatoms. The van der Waals surface area contributed by atoms with Gasteiger partial charge in [0.2, 0.25) is 0 Å². The summed E-state index contributed by atoms with van der Waals surface area (Å²) in [6.07, 6.45) is 0.856. The van der Waals surface area contributed by atoms with Crippen LogP contribution in [0.25, 0.3) is 0 Å². The van der Waals surface area contributed by atoms with Crippen molar-refractivity contribution >= 4 is 40.7 Å². The van der Waals surface area contributed by atoms with E-state index in [4.69, 9.17) is 27.9 Å². The number of nitrogens with one attached hydrogen (secondary N) is 1. The summed E-state index contributed by atoms with van der Waals surface area (Å²) in [5.74, 6) is 0.321. The number of amides is 2. The quantitative estimate of drug-likeness (QED) is 0.795. The molecule has 2 aromatic rings. The number of fused-ring (bicyclic) bond motifs is 1. The highest BCUT2D eigenvalue weighted by atomic mass is 35.5. The van der Waals surface area contributed by atoms with Crippen LogP contribution < -0.4 is 10.1 Å². The van der Waals surface area contributed by atoms with Gasteiger partial charge in [0.1, 0.15) is 5.75 Å². The second-order valence-electron chi connectivity index (χ2n) is 6.47. The number of anilines is 1. The molecule has 1 atom stereocenters. The Morgan fingerprint density at radius 1 is 1.22 bits per heavy atom. The lowest BCUT2D eigenvalue weighted by Gasteiger charge is -2.26. The molecule has 0 aromatic heterocycles. The Labute approximate surface area is 168 Å². The van der Waals surface area contributed by atoms with E-state index in [-0.39, 0.29) is 24.5 Å². The van der Waals surface area contributed by atoms with E-state index in [0.717, 1.165) is 12.0 Å². The Bertz CT molecular complexity index is 886. The monoisotopic (exact) mass is 406 g/mol. The number of benzene rings is 2. The zero-order valence-electron chi connectivity index (χ0n) is 15.1. The van der Waals surface area contributed by atoms with Gasteiger partial charge in [0, 0.05) is 29.4 Å². The fraction of sp³-hybridized carbons (Fsp3) is 0.300. The van der Waals surface area contributed by atoms with E-state index < -0.39 is 0 Å². The lowest BCUT2D eigenvalue weighted by molar-refractivity contribution is -0.135. The molecule has 2 aromatic carbocycles. The molecule has 0 saturated carbocycles. The Hall–Kier alpha value is -2.24. The van der Waals surface area contributed by atoms with Gasteiger partial charge in [-0.1, -0.05) is 30.1 Å². The fourth-order valence-corrected chi connectivity index (χ4v) is 3.18. The molecule has 0 spiro atoms. The van der Waals surface area contributed by atoms with Gasteiger partial charge in [-0.15, -0.1) is 0 Å². The van der Waals surface area contributed by atoms with Crippen LogP contribution in [0.2, 0.25) is 10.0 Å². The van der Waals surface area contributed by atoms with Gasteiger partial charge in [0.25, 0.3) is 11.8 Å². The normalized spacial score (nSPS) is 14.8. The second kappa shape index (κ2) is 8.19. The van der Waals surface area contributed by atoms with Crippen molar-refractivity contribution in [3.63, 3.8) is 0 Å². The van der Waals surface area contributed by atoms with Crippen molar-refractivity contribution in [2.75, 3.05) is 11.9 Å². The molecule has 1 heterocycles. The molecule has 5 nitrogen and oxygen atoms in total. The average molecular weight is 407 g/mol. The number of nitrogens with zero attached hydrogens (tertiary/aromatic N) is 1. The van der Waals surface area contributed by atoms with E-state index in [1.807, 2.05) is 19.9 Å². The van der Waals surface area contributed by atoms with Crippen molar-refractivity contribution in [1.82, 2.24) is 4.90 Å². The van der Waals surface area contributed by atoms with Crippen LogP contribution in [0.3, 0.4) is 0 Å². The molecule has 2 amide bonds. The Kier molecular flexibility index (Phi) is 5.92. The van der Waals surface area contributed by atoms with E-state index in [9.17, 15) is 9.59 Å². The summed E-state index contributed by atoms with van der Waals surface area (Å²) in [5, 5.41) is 3.56. The first-order chi connectivity index (χ1) is 12.9. The summed E-state index contributed by atoms with van der Waals surface area (Å²) >= 11 is 11.9. The molecule has 1 N–H and O–H groups in total. The number of hydrogen-bond donors (Lipinski definition) is 1. The summed E-state index contributed by atoms with van der Waals surface area (Å²) in [5.41, 5.74) is 1.88. The third-order valence-electron chi connectivity index (χ3n) is 4.64. The highest BCUT2D eigenvalue weighted by Gasteiger charge is 2.25. The minimum atomic E-state index is -0.294. The first kappa shape index (κ1) is 19.5. The molecular weight excluding hydrogens is 387 g/mol. The highest BCUT2D eigenvalue weighted by Crippen LogP contribution is 2.29. The maximum Gasteiger partial charge on any atom is 0.261 e. The van der Waals surface area contributed by atoms with Crippen LogP contribution in [0.15, 0.2) is 36.4 Å². The second-order valence-corrected chi connectivity index (χ2v) is 7.29. The van der Waals surface area contributed by atoms with Crippen molar-refractivity contribution in [1.29, 1.82) is 0 Å². The molecule has 1 unspecified atom stereocenters. The SMILES string of the molecule is CCC(C)N1Cc2cc(NC(=O)c3ccc(Cl)c(Cl)c3)ccc2OCC1=O. The number of halogens is 2. The van der Waals surface area contributed by atoms with Gasteiger partial charge < -0.3 is 15.0 Å². The maximum absolute atomic E-state index is 12.5. The number of rotatable bonds is 4. The first-order valence-electron chi connectivity index (χ1n) is 8.70. The van der Waals surface area contributed by atoms with E-state index in [1.165, 1.54) is 6.07 Å². The van der Waals surface area contributed by atoms with Crippen LogP contribution in [-0.4, -0.2) is 29.4 Å². The Morgan fingerprint density at radius 3 is 2.70 bits per heavy atom. The van der Waals surface area contributed by atoms with Crippen LogP contribution in [0.5, 0.6) is 5.75 Å². The molecule has 1 aliphatic rings. The number of ether oxygens (including phenoxy) is 1. The van der Waals surface area contributed by atoms with E-state index >= 15 is 0 Å². The van der Waals surface area contributed by atoms with Gasteiger partial charge >= 0.3 is 0 Å². The third kappa shape index (κ3) is 4.37. The molecule has 0 fully saturated rings. The number of hydrogen-bond acceptors (Lipinski definition) is 3. The van der Waals surface area contributed by atoms with Crippen molar-refractivity contribution < 1.29 is 14.3 Å². The van der Waals surface area contributed by atoms with Crippen molar-refractivity contribution in [2.45, 2.75) is 32.9 Å². The van der Waals surface area contributed by atoms with E-state index in [2.05, 4.69) is 5.32 Å².